The number of amides is 1. The third-order valence-corrected chi connectivity index (χ3v) is 2.41. The fourth-order valence-corrected chi connectivity index (χ4v) is 1.80. The molecule has 0 unspecified atom stereocenters. The second kappa shape index (κ2) is 3.20. The Hall–Kier alpha value is -1.32. The van der Waals surface area contributed by atoms with Gasteiger partial charge in [0.05, 0.1) is 6.42 Å². The molecule has 13 heavy (non-hydrogen) atoms. The van der Waals surface area contributed by atoms with Crippen LogP contribution in [0.25, 0.3) is 0 Å². The van der Waals surface area contributed by atoms with Gasteiger partial charge in [0.15, 0.2) is 0 Å². The lowest BCUT2D eigenvalue weighted by Crippen LogP contribution is -2.19. The van der Waals surface area contributed by atoms with Gasteiger partial charge in [-0.15, -0.1) is 0 Å². The fraction of sp³-hybridized carbons (Fsp3) is 0.556. The van der Waals surface area contributed by atoms with E-state index in [1.807, 2.05) is 0 Å². The molecule has 4 nitrogen and oxygen atoms in total. The number of rotatable bonds is 2. The van der Waals surface area contributed by atoms with Gasteiger partial charge in [0, 0.05) is 24.9 Å². The molecular formula is C9H13N3O. The number of nitrogens with zero attached hydrogens (tertiary/aromatic N) is 2. The van der Waals surface area contributed by atoms with Gasteiger partial charge in [-0.2, -0.15) is 0 Å². The van der Waals surface area contributed by atoms with Crippen LogP contribution in [-0.2, 0) is 24.2 Å². The molecule has 1 aliphatic rings. The van der Waals surface area contributed by atoms with Crippen molar-refractivity contribution in [2.45, 2.75) is 32.2 Å². The molecule has 1 amide bonds. The van der Waals surface area contributed by atoms with Crippen LogP contribution in [0.1, 0.15) is 24.4 Å². The molecule has 2 rings (SSSR count). The maximum atomic E-state index is 10.7. The topological polar surface area (TPSA) is 60.9 Å². The maximum Gasteiger partial charge on any atom is 0.223 e. The summed E-state index contributed by atoms with van der Waals surface area (Å²) in [5, 5.41) is 0. The number of imidazole rings is 1. The van der Waals surface area contributed by atoms with E-state index in [0.29, 0.717) is 6.42 Å². The number of carbonyl (C=O) groups is 1. The van der Waals surface area contributed by atoms with E-state index in [1.165, 1.54) is 12.8 Å². The Morgan fingerprint density at radius 2 is 2.46 bits per heavy atom. The zero-order chi connectivity index (χ0) is 9.26. The first-order valence-corrected chi connectivity index (χ1v) is 4.59. The molecule has 1 aromatic heterocycles. The molecule has 0 atom stereocenters. The quantitative estimate of drug-likeness (QED) is 0.707. The first-order chi connectivity index (χ1) is 6.27. The van der Waals surface area contributed by atoms with Crippen molar-refractivity contribution in [2.75, 3.05) is 0 Å². The van der Waals surface area contributed by atoms with Gasteiger partial charge < -0.3 is 10.3 Å². The number of primary amides is 1. The van der Waals surface area contributed by atoms with Crippen molar-refractivity contribution >= 4 is 5.91 Å². The lowest BCUT2D eigenvalue weighted by molar-refractivity contribution is -0.117. The number of aryl methyl sites for hydroxylation is 1. The molecule has 0 aliphatic carbocycles. The highest BCUT2D eigenvalue weighted by molar-refractivity contribution is 5.76. The molecule has 0 aromatic carbocycles. The van der Waals surface area contributed by atoms with E-state index < -0.39 is 0 Å². The number of hydrogen-bond acceptors (Lipinski definition) is 2. The van der Waals surface area contributed by atoms with Crippen molar-refractivity contribution in [3.05, 3.63) is 17.7 Å². The Morgan fingerprint density at radius 1 is 1.62 bits per heavy atom. The molecule has 4 heteroatoms. The molecule has 0 radical (unpaired) electrons. The molecule has 1 aromatic rings. The van der Waals surface area contributed by atoms with Crippen molar-refractivity contribution in [3.8, 4) is 0 Å². The monoisotopic (exact) mass is 179 g/mol. The molecule has 70 valence electrons. The van der Waals surface area contributed by atoms with Crippen molar-refractivity contribution in [3.63, 3.8) is 0 Å². The summed E-state index contributed by atoms with van der Waals surface area (Å²) >= 11 is 0. The molecular weight excluding hydrogens is 166 g/mol. The first-order valence-electron chi connectivity index (χ1n) is 4.59. The third kappa shape index (κ3) is 1.56. The molecule has 2 heterocycles. The molecule has 0 bridgehead atoms. The summed E-state index contributed by atoms with van der Waals surface area (Å²) in [6.07, 6.45) is 5.49. The largest absolute Gasteiger partial charge is 0.369 e. The average molecular weight is 179 g/mol. The van der Waals surface area contributed by atoms with Crippen LogP contribution >= 0.6 is 0 Å². The van der Waals surface area contributed by atoms with E-state index in [9.17, 15) is 4.79 Å². The first kappa shape index (κ1) is 8.29. The van der Waals surface area contributed by atoms with E-state index in [4.69, 9.17) is 5.73 Å². The molecule has 0 spiro atoms. The minimum atomic E-state index is -0.284. The van der Waals surface area contributed by atoms with Gasteiger partial charge in [0.1, 0.15) is 5.82 Å². The Kier molecular flexibility index (Phi) is 2.04. The molecule has 0 fully saturated rings. The zero-order valence-corrected chi connectivity index (χ0v) is 7.49. The van der Waals surface area contributed by atoms with Gasteiger partial charge in [0.2, 0.25) is 5.91 Å². The van der Waals surface area contributed by atoms with E-state index >= 15 is 0 Å². The summed E-state index contributed by atoms with van der Waals surface area (Å²) in [5.41, 5.74) is 6.10. The zero-order valence-electron chi connectivity index (χ0n) is 7.49. The number of carbonyl (C=O) groups excluding carboxylic acids is 1. The predicted octanol–water partition coefficient (Wildman–Crippen LogP) is 0.247. The number of fused-ring (bicyclic) bond motifs is 1. The lowest BCUT2D eigenvalue weighted by Gasteiger charge is -2.15. The van der Waals surface area contributed by atoms with Crippen molar-refractivity contribution in [1.29, 1.82) is 0 Å². The highest BCUT2D eigenvalue weighted by Crippen LogP contribution is 2.15. The minimum Gasteiger partial charge on any atom is -0.369 e. The van der Waals surface area contributed by atoms with E-state index in [1.54, 1.807) is 6.20 Å². The highest BCUT2D eigenvalue weighted by atomic mass is 16.1. The van der Waals surface area contributed by atoms with Crippen LogP contribution in [0.5, 0.6) is 0 Å². The van der Waals surface area contributed by atoms with E-state index in [-0.39, 0.29) is 5.91 Å². The molecule has 0 saturated carbocycles. The van der Waals surface area contributed by atoms with Gasteiger partial charge in [-0.3, -0.25) is 4.79 Å². The number of hydrogen-bond donors (Lipinski definition) is 1. The van der Waals surface area contributed by atoms with Gasteiger partial charge in [-0.25, -0.2) is 4.98 Å². The van der Waals surface area contributed by atoms with Crippen LogP contribution < -0.4 is 5.73 Å². The summed E-state index contributed by atoms with van der Waals surface area (Å²) in [6.45, 7) is 0.984. The summed E-state index contributed by atoms with van der Waals surface area (Å²) in [7, 11) is 0. The SMILES string of the molecule is NC(=O)Cc1cnc2n1CCCC2. The Balaban J connectivity index is 2.26. The highest BCUT2D eigenvalue weighted by Gasteiger charge is 2.14. The normalized spacial score (nSPS) is 15.4. The summed E-state index contributed by atoms with van der Waals surface area (Å²) in [6, 6.07) is 0. The van der Waals surface area contributed by atoms with Crippen LogP contribution in [0.3, 0.4) is 0 Å². The molecule has 0 saturated heterocycles. The van der Waals surface area contributed by atoms with Gasteiger partial charge in [-0.05, 0) is 12.8 Å². The second-order valence-corrected chi connectivity index (χ2v) is 3.42. The number of aromatic nitrogens is 2. The van der Waals surface area contributed by atoms with Crippen LogP contribution in [0.15, 0.2) is 6.20 Å². The van der Waals surface area contributed by atoms with Crippen LogP contribution in [0.2, 0.25) is 0 Å². The lowest BCUT2D eigenvalue weighted by atomic mass is 10.1. The Morgan fingerprint density at radius 3 is 3.23 bits per heavy atom. The molecule has 1 aliphatic heterocycles. The predicted molar refractivity (Wildman–Crippen MR) is 48.1 cm³/mol. The fourth-order valence-electron chi connectivity index (χ4n) is 1.80. The average Bonchev–Trinajstić information content (AvgIpc) is 2.48. The van der Waals surface area contributed by atoms with Crippen molar-refractivity contribution in [2.24, 2.45) is 5.73 Å². The number of nitrogens with two attached hydrogens (primary N) is 1. The standard InChI is InChI=1S/C9H13N3O/c10-8(13)5-7-6-11-9-3-1-2-4-12(7)9/h6H,1-5H2,(H2,10,13). The van der Waals surface area contributed by atoms with E-state index in [2.05, 4.69) is 9.55 Å². The summed E-state index contributed by atoms with van der Waals surface area (Å²) in [5.74, 6) is 0.816. The van der Waals surface area contributed by atoms with Crippen molar-refractivity contribution < 1.29 is 4.79 Å². The minimum absolute atomic E-state index is 0.284. The van der Waals surface area contributed by atoms with Crippen molar-refractivity contribution in [1.82, 2.24) is 9.55 Å². The summed E-state index contributed by atoms with van der Waals surface area (Å²) in [4.78, 5) is 15.0. The maximum absolute atomic E-state index is 10.7. The van der Waals surface area contributed by atoms with Crippen LogP contribution in [0.4, 0.5) is 0 Å². The third-order valence-electron chi connectivity index (χ3n) is 2.41. The van der Waals surface area contributed by atoms with Crippen LogP contribution in [-0.4, -0.2) is 15.5 Å². The van der Waals surface area contributed by atoms with E-state index in [0.717, 1.165) is 24.5 Å². The smallest absolute Gasteiger partial charge is 0.223 e. The van der Waals surface area contributed by atoms with Gasteiger partial charge >= 0.3 is 0 Å². The summed E-state index contributed by atoms with van der Waals surface area (Å²) < 4.78 is 2.12. The second-order valence-electron chi connectivity index (χ2n) is 3.42. The van der Waals surface area contributed by atoms with Crippen LogP contribution in [0, 0.1) is 0 Å². The Bertz CT molecular complexity index is 330. The molecule has 2 N–H and O–H groups in total. The van der Waals surface area contributed by atoms with Gasteiger partial charge in [0.25, 0.3) is 0 Å². The van der Waals surface area contributed by atoms with Gasteiger partial charge in [-0.1, -0.05) is 0 Å². The Labute approximate surface area is 76.8 Å².